The summed E-state index contributed by atoms with van der Waals surface area (Å²) in [4.78, 5) is 19.2. The van der Waals surface area contributed by atoms with Crippen molar-refractivity contribution >= 4 is 29.9 Å². The molecule has 0 bridgehead atoms. The van der Waals surface area contributed by atoms with Gasteiger partial charge in [0.2, 0.25) is 0 Å². The third kappa shape index (κ3) is 3.40. The normalized spacial score (nSPS) is 18.9. The highest BCUT2D eigenvalue weighted by Crippen LogP contribution is 2.42. The van der Waals surface area contributed by atoms with E-state index >= 15 is 0 Å². The molecule has 1 aromatic carbocycles. The number of amides is 1. The summed E-state index contributed by atoms with van der Waals surface area (Å²) in [6, 6.07) is 6.49. The first-order valence-corrected chi connectivity index (χ1v) is 8.95. The van der Waals surface area contributed by atoms with Crippen molar-refractivity contribution in [3.63, 3.8) is 0 Å². The maximum absolute atomic E-state index is 14.1. The highest BCUT2D eigenvalue weighted by molar-refractivity contribution is 7.81. The van der Waals surface area contributed by atoms with Crippen LogP contribution in [0.1, 0.15) is 30.7 Å². The monoisotopic (exact) mass is 424 g/mol. The minimum Gasteiger partial charge on any atom is -0.328 e. The summed E-state index contributed by atoms with van der Waals surface area (Å²) in [6.45, 7) is 4.72. The fourth-order valence-electron chi connectivity index (χ4n) is 3.24. The molecule has 1 fully saturated rings. The van der Waals surface area contributed by atoms with Gasteiger partial charge in [-0.1, -0.05) is 6.07 Å². The van der Waals surface area contributed by atoms with E-state index in [-0.39, 0.29) is 5.69 Å². The van der Waals surface area contributed by atoms with Gasteiger partial charge in [-0.05, 0) is 44.5 Å². The second-order valence-electron chi connectivity index (χ2n) is 7.08. The molecule has 1 unspecified atom stereocenters. The molecule has 1 aliphatic heterocycles. The molecule has 1 amide bonds. The SMILES string of the molecule is Cc1ccc(N2C(S)N(c3cnc(C#N)c(C(F)(F)F)c3)C(=O)C2(C)C)cc1F. The van der Waals surface area contributed by atoms with Gasteiger partial charge in [0.1, 0.15) is 17.4 Å². The van der Waals surface area contributed by atoms with E-state index in [2.05, 4.69) is 17.6 Å². The molecule has 1 aliphatic rings. The van der Waals surface area contributed by atoms with E-state index in [1.165, 1.54) is 17.0 Å². The highest BCUT2D eigenvalue weighted by atomic mass is 32.1. The quantitative estimate of drug-likeness (QED) is 0.578. The van der Waals surface area contributed by atoms with Crippen LogP contribution in [0, 0.1) is 24.1 Å². The number of halogens is 4. The van der Waals surface area contributed by atoms with Crippen molar-refractivity contribution in [2.24, 2.45) is 0 Å². The molecule has 5 nitrogen and oxygen atoms in total. The zero-order valence-corrected chi connectivity index (χ0v) is 16.5. The van der Waals surface area contributed by atoms with Gasteiger partial charge >= 0.3 is 6.18 Å². The third-order valence-corrected chi connectivity index (χ3v) is 5.26. The molecular formula is C19H16F4N4OS. The molecule has 29 heavy (non-hydrogen) atoms. The molecule has 152 valence electrons. The summed E-state index contributed by atoms with van der Waals surface area (Å²) in [5.41, 5.74) is -3.67. The molecule has 0 saturated carbocycles. The number of pyridine rings is 1. The Kier molecular flexibility index (Phi) is 4.99. The lowest BCUT2D eigenvalue weighted by Gasteiger charge is -2.33. The molecule has 1 saturated heterocycles. The van der Waals surface area contributed by atoms with E-state index in [0.717, 1.165) is 11.1 Å². The van der Waals surface area contributed by atoms with Gasteiger partial charge in [-0.2, -0.15) is 18.4 Å². The Morgan fingerprint density at radius 1 is 1.24 bits per heavy atom. The maximum Gasteiger partial charge on any atom is 0.419 e. The van der Waals surface area contributed by atoms with Crippen LogP contribution in [0.5, 0.6) is 0 Å². The predicted molar refractivity (Wildman–Crippen MR) is 102 cm³/mol. The fourth-order valence-corrected chi connectivity index (χ4v) is 3.90. The number of thiol groups is 1. The van der Waals surface area contributed by atoms with Gasteiger partial charge in [-0.3, -0.25) is 9.69 Å². The number of benzene rings is 1. The number of hydrogen-bond donors (Lipinski definition) is 1. The summed E-state index contributed by atoms with van der Waals surface area (Å²) >= 11 is 4.43. The van der Waals surface area contributed by atoms with Crippen molar-refractivity contribution < 1.29 is 22.4 Å². The maximum atomic E-state index is 14.1. The average Bonchev–Trinajstić information content (AvgIpc) is 2.81. The first-order valence-electron chi connectivity index (χ1n) is 8.44. The molecular weight excluding hydrogens is 408 g/mol. The van der Waals surface area contributed by atoms with Crippen LogP contribution in [0.15, 0.2) is 30.5 Å². The van der Waals surface area contributed by atoms with Crippen molar-refractivity contribution in [1.82, 2.24) is 4.98 Å². The number of carbonyl (C=O) groups is 1. The predicted octanol–water partition coefficient (Wildman–Crippen LogP) is 4.26. The molecule has 0 radical (unpaired) electrons. The molecule has 2 aromatic rings. The Hall–Kier alpha value is -2.80. The number of rotatable bonds is 2. The lowest BCUT2D eigenvalue weighted by atomic mass is 10.0. The average molecular weight is 424 g/mol. The Labute approximate surface area is 170 Å². The first-order chi connectivity index (χ1) is 13.4. The van der Waals surface area contributed by atoms with Crippen LogP contribution in [0.2, 0.25) is 0 Å². The Morgan fingerprint density at radius 3 is 2.45 bits per heavy atom. The number of hydrogen-bond acceptors (Lipinski definition) is 5. The zero-order valence-electron chi connectivity index (χ0n) is 15.6. The molecule has 0 aliphatic carbocycles. The Balaban J connectivity index is 2.11. The number of aryl methyl sites for hydroxylation is 1. The summed E-state index contributed by atoms with van der Waals surface area (Å²) < 4.78 is 54.0. The molecule has 2 heterocycles. The topological polar surface area (TPSA) is 60.2 Å². The van der Waals surface area contributed by atoms with Crippen molar-refractivity contribution in [1.29, 1.82) is 5.26 Å². The van der Waals surface area contributed by atoms with Crippen LogP contribution < -0.4 is 9.80 Å². The van der Waals surface area contributed by atoms with Gasteiger partial charge < -0.3 is 4.90 Å². The van der Waals surface area contributed by atoms with E-state index in [9.17, 15) is 22.4 Å². The number of alkyl halides is 3. The van der Waals surface area contributed by atoms with Crippen LogP contribution in [-0.2, 0) is 11.0 Å². The number of carbonyl (C=O) groups excluding carboxylic acids is 1. The van der Waals surface area contributed by atoms with E-state index in [1.807, 2.05) is 0 Å². The number of aromatic nitrogens is 1. The molecule has 1 aromatic heterocycles. The van der Waals surface area contributed by atoms with Gasteiger partial charge in [0.25, 0.3) is 5.91 Å². The minimum absolute atomic E-state index is 0.163. The van der Waals surface area contributed by atoms with Crippen molar-refractivity contribution in [2.75, 3.05) is 9.80 Å². The van der Waals surface area contributed by atoms with E-state index in [0.29, 0.717) is 17.3 Å². The van der Waals surface area contributed by atoms with Crippen LogP contribution >= 0.6 is 12.6 Å². The lowest BCUT2D eigenvalue weighted by molar-refractivity contribution is -0.138. The van der Waals surface area contributed by atoms with Gasteiger partial charge in [0, 0.05) is 5.69 Å². The van der Waals surface area contributed by atoms with E-state index in [1.54, 1.807) is 32.9 Å². The second-order valence-corrected chi connectivity index (χ2v) is 7.55. The summed E-state index contributed by atoms with van der Waals surface area (Å²) in [5.74, 6) is -1.03. The Morgan fingerprint density at radius 2 is 1.90 bits per heavy atom. The van der Waals surface area contributed by atoms with E-state index < -0.39 is 40.2 Å². The molecule has 3 rings (SSSR count). The molecule has 0 spiro atoms. The third-order valence-electron chi connectivity index (χ3n) is 4.80. The van der Waals surface area contributed by atoms with E-state index in [4.69, 9.17) is 5.26 Å². The highest BCUT2D eigenvalue weighted by Gasteiger charge is 2.52. The molecule has 0 N–H and O–H groups in total. The summed E-state index contributed by atoms with van der Waals surface area (Å²) in [7, 11) is 0. The first kappa shape index (κ1) is 20.9. The molecule has 10 heteroatoms. The van der Waals surface area contributed by atoms with Gasteiger partial charge in [-0.15, -0.1) is 12.6 Å². The van der Waals surface area contributed by atoms with Crippen LogP contribution in [0.3, 0.4) is 0 Å². The minimum atomic E-state index is -4.82. The smallest absolute Gasteiger partial charge is 0.328 e. The Bertz CT molecular complexity index is 1030. The van der Waals surface area contributed by atoms with Crippen molar-refractivity contribution in [3.8, 4) is 6.07 Å². The number of nitrogens with zero attached hydrogens (tertiary/aromatic N) is 4. The molecule has 1 atom stereocenters. The number of anilines is 2. The van der Waals surface area contributed by atoms with Gasteiger partial charge in [-0.25, -0.2) is 9.37 Å². The van der Waals surface area contributed by atoms with Gasteiger partial charge in [0.05, 0.1) is 17.4 Å². The van der Waals surface area contributed by atoms with Crippen molar-refractivity contribution in [3.05, 3.63) is 53.1 Å². The van der Waals surface area contributed by atoms with Crippen LogP contribution in [0.4, 0.5) is 28.9 Å². The second kappa shape index (κ2) is 6.91. The largest absolute Gasteiger partial charge is 0.419 e. The summed E-state index contributed by atoms with van der Waals surface area (Å²) in [6.07, 6.45) is -3.80. The van der Waals surface area contributed by atoms with Crippen molar-refractivity contribution in [2.45, 2.75) is 38.0 Å². The number of nitriles is 1. The standard InChI is InChI=1S/C19H16F4N4OS/c1-10-4-5-11(7-14(10)20)27-17(29)26(16(28)18(27,2)3)12-6-13(19(21,22)23)15(8-24)25-9-12/h4-7,9,17,29H,1-3H3. The van der Waals surface area contributed by atoms with Gasteiger partial charge in [0.15, 0.2) is 11.2 Å². The van der Waals surface area contributed by atoms with Crippen LogP contribution in [-0.4, -0.2) is 21.9 Å². The summed E-state index contributed by atoms with van der Waals surface area (Å²) in [5, 5.41) is 8.91. The fraction of sp³-hybridized carbons (Fsp3) is 0.316. The van der Waals surface area contributed by atoms with Crippen LogP contribution in [0.25, 0.3) is 0 Å². The lowest BCUT2D eigenvalue weighted by Crippen LogP contribution is -2.45. The zero-order chi connectivity index (χ0) is 21.7.